The van der Waals surface area contributed by atoms with Crippen molar-refractivity contribution in [3.63, 3.8) is 0 Å². The first-order valence-electron chi connectivity index (χ1n) is 7.48. The van der Waals surface area contributed by atoms with Crippen LogP contribution in [0.15, 0.2) is 18.2 Å². The second kappa shape index (κ2) is 6.98. The van der Waals surface area contributed by atoms with Crippen molar-refractivity contribution in [2.45, 2.75) is 45.2 Å². The van der Waals surface area contributed by atoms with Crippen LogP contribution in [-0.4, -0.2) is 23.4 Å². The highest BCUT2D eigenvalue weighted by Gasteiger charge is 2.30. The van der Waals surface area contributed by atoms with Gasteiger partial charge in [0.1, 0.15) is 11.6 Å². The van der Waals surface area contributed by atoms with Crippen LogP contribution in [-0.2, 0) is 11.3 Å². The first kappa shape index (κ1) is 15.9. The Morgan fingerprint density at radius 1 is 1.33 bits per heavy atom. The summed E-state index contributed by atoms with van der Waals surface area (Å²) in [4.78, 5) is 14.1. The number of rotatable bonds is 5. The highest BCUT2D eigenvalue weighted by molar-refractivity contribution is 5.79. The average molecular weight is 296 g/mol. The molecular weight excluding hydrogens is 274 g/mol. The quantitative estimate of drug-likeness (QED) is 0.908. The molecule has 5 heteroatoms. The number of hydrogen-bond acceptors (Lipinski definition) is 2. The molecule has 0 spiro atoms. The molecule has 1 aromatic carbocycles. The van der Waals surface area contributed by atoms with E-state index in [1.54, 1.807) is 11.8 Å². The van der Waals surface area contributed by atoms with Crippen molar-refractivity contribution in [1.82, 2.24) is 4.90 Å². The number of nitrogens with zero attached hydrogens (tertiary/aromatic N) is 1. The Morgan fingerprint density at radius 3 is 2.43 bits per heavy atom. The summed E-state index contributed by atoms with van der Waals surface area (Å²) in [6.07, 6.45) is 3.87. The Morgan fingerprint density at radius 2 is 1.90 bits per heavy atom. The van der Waals surface area contributed by atoms with Crippen LogP contribution in [0.2, 0.25) is 0 Å². The van der Waals surface area contributed by atoms with Gasteiger partial charge in [-0.15, -0.1) is 0 Å². The maximum absolute atomic E-state index is 13.8. The van der Waals surface area contributed by atoms with Crippen molar-refractivity contribution in [1.29, 1.82) is 0 Å². The van der Waals surface area contributed by atoms with Crippen LogP contribution in [0.4, 0.5) is 8.78 Å². The monoisotopic (exact) mass is 296 g/mol. The highest BCUT2D eigenvalue weighted by Crippen LogP contribution is 2.27. The molecular formula is C16H22F2N2O. The normalized spacial score (nSPS) is 17.0. The summed E-state index contributed by atoms with van der Waals surface area (Å²) >= 11 is 0. The van der Waals surface area contributed by atoms with Gasteiger partial charge in [-0.25, -0.2) is 8.78 Å². The van der Waals surface area contributed by atoms with Gasteiger partial charge in [-0.2, -0.15) is 0 Å². The van der Waals surface area contributed by atoms with E-state index in [1.807, 2.05) is 0 Å². The molecule has 2 N–H and O–H groups in total. The zero-order valence-corrected chi connectivity index (χ0v) is 12.3. The molecule has 1 saturated carbocycles. The molecule has 0 aromatic heterocycles. The Labute approximate surface area is 124 Å². The van der Waals surface area contributed by atoms with Crippen LogP contribution in [0.5, 0.6) is 0 Å². The molecule has 2 rings (SSSR count). The molecule has 116 valence electrons. The van der Waals surface area contributed by atoms with E-state index in [0.29, 0.717) is 0 Å². The van der Waals surface area contributed by atoms with E-state index in [9.17, 15) is 13.6 Å². The van der Waals surface area contributed by atoms with Crippen LogP contribution >= 0.6 is 0 Å². The first-order valence-corrected chi connectivity index (χ1v) is 7.48. The van der Waals surface area contributed by atoms with Gasteiger partial charge in [0.05, 0.1) is 6.54 Å². The van der Waals surface area contributed by atoms with Crippen LogP contribution in [0, 0.1) is 17.6 Å². The van der Waals surface area contributed by atoms with Gasteiger partial charge < -0.3 is 10.6 Å². The van der Waals surface area contributed by atoms with E-state index in [-0.39, 0.29) is 36.5 Å². The lowest BCUT2D eigenvalue weighted by Gasteiger charge is -2.31. The number of amides is 1. The van der Waals surface area contributed by atoms with Crippen LogP contribution in [0.1, 0.15) is 38.2 Å². The molecule has 1 aliphatic rings. The third-order valence-electron chi connectivity index (χ3n) is 4.21. The molecule has 0 aliphatic heterocycles. The van der Waals surface area contributed by atoms with Gasteiger partial charge in [0.2, 0.25) is 5.91 Å². The Balaban J connectivity index is 2.25. The molecule has 1 amide bonds. The first-order chi connectivity index (χ1) is 10.0. The Hall–Kier alpha value is -1.49. The summed E-state index contributed by atoms with van der Waals surface area (Å²) in [7, 11) is 0. The van der Waals surface area contributed by atoms with Crippen molar-refractivity contribution in [2.75, 3.05) is 6.54 Å². The lowest BCUT2D eigenvalue weighted by Crippen LogP contribution is -2.43. The van der Waals surface area contributed by atoms with E-state index in [1.165, 1.54) is 18.2 Å². The number of hydrogen-bond donors (Lipinski definition) is 1. The van der Waals surface area contributed by atoms with E-state index >= 15 is 0 Å². The van der Waals surface area contributed by atoms with Gasteiger partial charge in [0, 0.05) is 24.1 Å². The van der Waals surface area contributed by atoms with Crippen LogP contribution in [0.3, 0.4) is 0 Å². The summed E-state index contributed by atoms with van der Waals surface area (Å²) in [5, 5.41) is 0. The third kappa shape index (κ3) is 3.59. The minimum atomic E-state index is -0.605. The molecule has 1 aromatic rings. The van der Waals surface area contributed by atoms with Crippen molar-refractivity contribution in [2.24, 2.45) is 11.7 Å². The fourth-order valence-electron chi connectivity index (χ4n) is 2.84. The lowest BCUT2D eigenvalue weighted by molar-refractivity contribution is -0.137. The number of benzene rings is 1. The zero-order chi connectivity index (χ0) is 15.4. The smallest absolute Gasteiger partial charge is 0.227 e. The van der Waals surface area contributed by atoms with Crippen molar-refractivity contribution >= 4 is 5.91 Å². The fraction of sp³-hybridized carbons (Fsp3) is 0.562. The minimum Gasteiger partial charge on any atom is -0.335 e. The summed E-state index contributed by atoms with van der Waals surface area (Å²) in [6.45, 7) is 1.97. The molecule has 0 heterocycles. The minimum absolute atomic E-state index is 0.0215. The van der Waals surface area contributed by atoms with Gasteiger partial charge in [0.15, 0.2) is 0 Å². The van der Waals surface area contributed by atoms with Gasteiger partial charge >= 0.3 is 0 Å². The molecule has 1 fully saturated rings. The van der Waals surface area contributed by atoms with Crippen LogP contribution < -0.4 is 5.73 Å². The summed E-state index contributed by atoms with van der Waals surface area (Å²) in [6, 6.07) is 3.84. The maximum atomic E-state index is 13.8. The molecule has 0 saturated heterocycles. The van der Waals surface area contributed by atoms with Gasteiger partial charge in [-0.1, -0.05) is 25.8 Å². The lowest BCUT2D eigenvalue weighted by atomic mass is 10.1. The molecule has 0 radical (unpaired) electrons. The van der Waals surface area contributed by atoms with E-state index in [0.717, 1.165) is 25.7 Å². The number of carbonyl (C=O) groups excluding carboxylic acids is 1. The maximum Gasteiger partial charge on any atom is 0.227 e. The standard InChI is InChI=1S/C16H22F2N2O/c1-11(9-19)16(21)20(12-5-2-3-6-12)10-13-14(17)7-4-8-15(13)18/h4,7-8,11-12H,2-3,5-6,9-10,19H2,1H3. The van der Waals surface area contributed by atoms with E-state index in [2.05, 4.69) is 0 Å². The highest BCUT2D eigenvalue weighted by atomic mass is 19.1. The summed E-state index contributed by atoms with van der Waals surface area (Å²) in [5.41, 5.74) is 5.53. The third-order valence-corrected chi connectivity index (χ3v) is 4.21. The van der Waals surface area contributed by atoms with Crippen molar-refractivity contribution < 1.29 is 13.6 Å². The van der Waals surface area contributed by atoms with Gasteiger partial charge in [-0.3, -0.25) is 4.79 Å². The van der Waals surface area contributed by atoms with Crippen molar-refractivity contribution in [3.05, 3.63) is 35.4 Å². The van der Waals surface area contributed by atoms with Crippen molar-refractivity contribution in [3.8, 4) is 0 Å². The number of halogens is 2. The largest absolute Gasteiger partial charge is 0.335 e. The zero-order valence-electron chi connectivity index (χ0n) is 12.3. The molecule has 21 heavy (non-hydrogen) atoms. The Kier molecular flexibility index (Phi) is 5.28. The molecule has 1 aliphatic carbocycles. The number of carbonyl (C=O) groups is 1. The number of nitrogens with two attached hydrogens (primary N) is 1. The predicted molar refractivity (Wildman–Crippen MR) is 77.4 cm³/mol. The van der Waals surface area contributed by atoms with E-state index < -0.39 is 11.6 Å². The molecule has 1 atom stereocenters. The second-order valence-electron chi connectivity index (χ2n) is 5.74. The van der Waals surface area contributed by atoms with Gasteiger partial charge in [0.25, 0.3) is 0 Å². The Bertz CT molecular complexity index is 481. The van der Waals surface area contributed by atoms with Crippen LogP contribution in [0.25, 0.3) is 0 Å². The average Bonchev–Trinajstić information content (AvgIpc) is 2.99. The molecule has 3 nitrogen and oxygen atoms in total. The summed E-state index contributed by atoms with van der Waals surface area (Å²) < 4.78 is 27.7. The second-order valence-corrected chi connectivity index (χ2v) is 5.74. The van der Waals surface area contributed by atoms with Gasteiger partial charge in [-0.05, 0) is 25.0 Å². The molecule has 1 unspecified atom stereocenters. The van der Waals surface area contributed by atoms with E-state index in [4.69, 9.17) is 5.73 Å². The predicted octanol–water partition coefficient (Wildman–Crippen LogP) is 2.83. The SMILES string of the molecule is CC(CN)C(=O)N(Cc1c(F)cccc1F)C1CCCC1. The fourth-order valence-corrected chi connectivity index (χ4v) is 2.84. The molecule has 0 bridgehead atoms. The topological polar surface area (TPSA) is 46.3 Å². The summed E-state index contributed by atoms with van der Waals surface area (Å²) in [5.74, 6) is -1.66.